The standard InChI is InChI=1S/C20H20O6/c1-3-23-19(21)25-17-13-9-5-7-11-15(13)18(26-20(22)24-4-2)16-12-8-6-10-14(16)17/h5-9,11H,3-4,10,12H2,1-2H3. The fraction of sp³-hybridized carbons (Fsp3) is 0.300. The summed E-state index contributed by atoms with van der Waals surface area (Å²) in [6, 6.07) is 7.31. The molecule has 0 bridgehead atoms. The van der Waals surface area contributed by atoms with Gasteiger partial charge in [0.15, 0.2) is 0 Å². The number of rotatable bonds is 4. The molecule has 0 aromatic heterocycles. The molecule has 6 nitrogen and oxygen atoms in total. The van der Waals surface area contributed by atoms with Crippen molar-refractivity contribution >= 4 is 23.1 Å². The van der Waals surface area contributed by atoms with Crippen LogP contribution in [0.5, 0.6) is 11.5 Å². The SMILES string of the molecule is CCOC(=O)Oc1c2c(c(OC(=O)OCC)c3ccccc13)CC=CC2. The van der Waals surface area contributed by atoms with Crippen LogP contribution in [0.25, 0.3) is 10.8 Å². The van der Waals surface area contributed by atoms with Gasteiger partial charge in [0, 0.05) is 21.9 Å². The fourth-order valence-electron chi connectivity index (χ4n) is 3.01. The van der Waals surface area contributed by atoms with Crippen LogP contribution < -0.4 is 9.47 Å². The lowest BCUT2D eigenvalue weighted by atomic mass is 9.90. The molecule has 0 N–H and O–H groups in total. The van der Waals surface area contributed by atoms with Gasteiger partial charge in [-0.3, -0.25) is 0 Å². The summed E-state index contributed by atoms with van der Waals surface area (Å²) in [5.74, 6) is 0.879. The Morgan fingerprint density at radius 1 is 0.808 bits per heavy atom. The fourth-order valence-corrected chi connectivity index (χ4v) is 3.01. The van der Waals surface area contributed by atoms with Gasteiger partial charge in [-0.15, -0.1) is 0 Å². The zero-order valence-corrected chi connectivity index (χ0v) is 14.7. The van der Waals surface area contributed by atoms with Gasteiger partial charge in [-0.05, 0) is 26.7 Å². The first kappa shape index (κ1) is 17.8. The molecule has 2 aromatic carbocycles. The second-order valence-electron chi connectivity index (χ2n) is 5.61. The first-order chi connectivity index (χ1) is 12.7. The van der Waals surface area contributed by atoms with Crippen molar-refractivity contribution < 1.29 is 28.5 Å². The number of fused-ring (bicyclic) bond motifs is 2. The zero-order valence-electron chi connectivity index (χ0n) is 14.7. The molecule has 0 aliphatic heterocycles. The molecule has 3 rings (SSSR count). The minimum atomic E-state index is -0.756. The van der Waals surface area contributed by atoms with Crippen LogP contribution in [0.3, 0.4) is 0 Å². The van der Waals surface area contributed by atoms with E-state index in [0.29, 0.717) is 35.1 Å². The summed E-state index contributed by atoms with van der Waals surface area (Å²) in [4.78, 5) is 23.8. The molecule has 2 aromatic rings. The molecule has 0 radical (unpaired) electrons. The Kier molecular flexibility index (Phi) is 5.41. The maximum Gasteiger partial charge on any atom is 0.513 e. The molecule has 0 saturated carbocycles. The van der Waals surface area contributed by atoms with Crippen molar-refractivity contribution in [3.05, 3.63) is 47.5 Å². The summed E-state index contributed by atoms with van der Waals surface area (Å²) in [6.45, 7) is 3.88. The Balaban J connectivity index is 2.17. The predicted octanol–water partition coefficient (Wildman–Crippen LogP) is 4.57. The van der Waals surface area contributed by atoms with Gasteiger partial charge >= 0.3 is 12.3 Å². The molecule has 0 saturated heterocycles. The van der Waals surface area contributed by atoms with E-state index in [0.717, 1.165) is 11.1 Å². The highest BCUT2D eigenvalue weighted by molar-refractivity contribution is 5.98. The third-order valence-corrected chi connectivity index (χ3v) is 4.03. The normalized spacial score (nSPS) is 12.4. The number of hydrogen-bond donors (Lipinski definition) is 0. The van der Waals surface area contributed by atoms with E-state index in [-0.39, 0.29) is 13.2 Å². The average Bonchev–Trinajstić information content (AvgIpc) is 2.65. The highest BCUT2D eigenvalue weighted by atomic mass is 16.7. The Morgan fingerprint density at radius 2 is 1.23 bits per heavy atom. The lowest BCUT2D eigenvalue weighted by Gasteiger charge is -2.21. The van der Waals surface area contributed by atoms with Gasteiger partial charge in [-0.1, -0.05) is 36.4 Å². The lowest BCUT2D eigenvalue weighted by Crippen LogP contribution is -2.16. The van der Waals surface area contributed by atoms with Gasteiger partial charge in [0.25, 0.3) is 0 Å². The van der Waals surface area contributed by atoms with Crippen LogP contribution in [0.1, 0.15) is 25.0 Å². The third-order valence-electron chi connectivity index (χ3n) is 4.03. The first-order valence-electron chi connectivity index (χ1n) is 8.56. The molecule has 0 spiro atoms. The van der Waals surface area contributed by atoms with Crippen LogP contribution in [0.4, 0.5) is 9.59 Å². The topological polar surface area (TPSA) is 71.1 Å². The van der Waals surface area contributed by atoms with E-state index in [9.17, 15) is 9.59 Å². The first-order valence-corrected chi connectivity index (χ1v) is 8.56. The summed E-state index contributed by atoms with van der Waals surface area (Å²) in [5, 5.41) is 1.35. The molecule has 0 unspecified atom stereocenters. The molecule has 1 aliphatic carbocycles. The molecular weight excluding hydrogens is 336 g/mol. The van der Waals surface area contributed by atoms with Crippen molar-refractivity contribution in [1.82, 2.24) is 0 Å². The van der Waals surface area contributed by atoms with Crippen molar-refractivity contribution in [3.63, 3.8) is 0 Å². The maximum absolute atomic E-state index is 11.9. The van der Waals surface area contributed by atoms with E-state index in [1.54, 1.807) is 13.8 Å². The molecule has 26 heavy (non-hydrogen) atoms. The number of carbonyl (C=O) groups excluding carboxylic acids is 2. The predicted molar refractivity (Wildman–Crippen MR) is 95.8 cm³/mol. The van der Waals surface area contributed by atoms with Gasteiger partial charge in [-0.25, -0.2) is 9.59 Å². The summed E-state index contributed by atoms with van der Waals surface area (Å²) in [7, 11) is 0. The molecular formula is C20H20O6. The van der Waals surface area contributed by atoms with E-state index in [2.05, 4.69) is 0 Å². The Morgan fingerprint density at radius 3 is 1.62 bits per heavy atom. The van der Waals surface area contributed by atoms with Crippen LogP contribution in [0, 0.1) is 0 Å². The second kappa shape index (κ2) is 7.91. The summed E-state index contributed by atoms with van der Waals surface area (Å²) in [6.07, 6.45) is 3.59. The van der Waals surface area contributed by atoms with Crippen molar-refractivity contribution in [2.75, 3.05) is 13.2 Å². The second-order valence-corrected chi connectivity index (χ2v) is 5.61. The minimum Gasteiger partial charge on any atom is -0.434 e. The van der Waals surface area contributed by atoms with Gasteiger partial charge in [-0.2, -0.15) is 0 Å². The van der Waals surface area contributed by atoms with Crippen LogP contribution >= 0.6 is 0 Å². The van der Waals surface area contributed by atoms with E-state index in [1.165, 1.54) is 0 Å². The van der Waals surface area contributed by atoms with E-state index < -0.39 is 12.3 Å². The maximum atomic E-state index is 11.9. The largest absolute Gasteiger partial charge is 0.513 e. The van der Waals surface area contributed by atoms with E-state index in [4.69, 9.17) is 18.9 Å². The van der Waals surface area contributed by atoms with Gasteiger partial charge in [0.1, 0.15) is 11.5 Å². The summed E-state index contributed by atoms with van der Waals surface area (Å²) in [5.41, 5.74) is 1.61. The Labute approximate surface area is 151 Å². The highest BCUT2D eigenvalue weighted by Gasteiger charge is 2.25. The van der Waals surface area contributed by atoms with E-state index in [1.807, 2.05) is 36.4 Å². The quantitative estimate of drug-likeness (QED) is 0.454. The van der Waals surface area contributed by atoms with Gasteiger partial charge < -0.3 is 18.9 Å². The molecule has 0 heterocycles. The Hall–Kier alpha value is -3.02. The van der Waals surface area contributed by atoms with Crippen molar-refractivity contribution in [2.24, 2.45) is 0 Å². The summed E-state index contributed by atoms with van der Waals surface area (Å²) >= 11 is 0. The van der Waals surface area contributed by atoms with Crippen molar-refractivity contribution in [2.45, 2.75) is 26.7 Å². The molecule has 136 valence electrons. The van der Waals surface area contributed by atoms with Crippen LogP contribution in [0.15, 0.2) is 36.4 Å². The smallest absolute Gasteiger partial charge is 0.434 e. The number of hydrogen-bond acceptors (Lipinski definition) is 6. The number of allylic oxidation sites excluding steroid dienone is 2. The monoisotopic (exact) mass is 356 g/mol. The number of ether oxygens (including phenoxy) is 4. The highest BCUT2D eigenvalue weighted by Crippen LogP contribution is 2.43. The number of carbonyl (C=O) groups is 2. The van der Waals surface area contributed by atoms with Crippen molar-refractivity contribution in [3.8, 4) is 11.5 Å². The Bertz CT molecular complexity index is 798. The van der Waals surface area contributed by atoms with Gasteiger partial charge in [0.2, 0.25) is 0 Å². The van der Waals surface area contributed by atoms with E-state index >= 15 is 0 Å². The van der Waals surface area contributed by atoms with Crippen LogP contribution in [0.2, 0.25) is 0 Å². The molecule has 0 amide bonds. The number of benzene rings is 2. The summed E-state index contributed by atoms with van der Waals surface area (Å²) < 4.78 is 20.9. The zero-order chi connectivity index (χ0) is 18.5. The molecule has 1 aliphatic rings. The van der Waals surface area contributed by atoms with Crippen LogP contribution in [-0.4, -0.2) is 25.5 Å². The molecule has 0 fully saturated rings. The molecule has 0 atom stereocenters. The van der Waals surface area contributed by atoms with Gasteiger partial charge in [0.05, 0.1) is 13.2 Å². The van der Waals surface area contributed by atoms with Crippen molar-refractivity contribution in [1.29, 1.82) is 0 Å². The third kappa shape index (κ3) is 3.49. The molecule has 6 heteroatoms. The average molecular weight is 356 g/mol. The van der Waals surface area contributed by atoms with Crippen LogP contribution in [-0.2, 0) is 22.3 Å². The lowest BCUT2D eigenvalue weighted by molar-refractivity contribution is 0.102. The minimum absolute atomic E-state index is 0.225.